The molecule has 0 bridgehead atoms. The van der Waals surface area contributed by atoms with Crippen LogP contribution in [-0.2, 0) is 26.2 Å². The molecule has 0 radical (unpaired) electrons. The predicted octanol–water partition coefficient (Wildman–Crippen LogP) is 3.55. The molecule has 2 aromatic carbocycles. The van der Waals surface area contributed by atoms with Gasteiger partial charge in [0.1, 0.15) is 12.6 Å². The van der Waals surface area contributed by atoms with Gasteiger partial charge >= 0.3 is 0 Å². The molecular formula is C26H35N3O4S. The van der Waals surface area contributed by atoms with E-state index in [2.05, 4.69) is 5.32 Å². The summed E-state index contributed by atoms with van der Waals surface area (Å²) >= 11 is 0. The Kier molecular flexibility index (Phi) is 8.36. The van der Waals surface area contributed by atoms with E-state index in [-0.39, 0.29) is 25.0 Å². The lowest BCUT2D eigenvalue weighted by atomic mass is 10.1. The maximum Gasteiger partial charge on any atom is 0.244 e. The number of hydrogen-bond donors (Lipinski definition) is 1. The smallest absolute Gasteiger partial charge is 0.244 e. The van der Waals surface area contributed by atoms with Crippen molar-refractivity contribution in [2.24, 2.45) is 0 Å². The van der Waals surface area contributed by atoms with Gasteiger partial charge in [-0.3, -0.25) is 13.9 Å². The van der Waals surface area contributed by atoms with Gasteiger partial charge in [-0.15, -0.1) is 0 Å². The number of carbonyl (C=O) groups is 2. The number of nitrogens with zero attached hydrogens (tertiary/aromatic N) is 2. The third kappa shape index (κ3) is 6.59. The van der Waals surface area contributed by atoms with Gasteiger partial charge in [0.05, 0.1) is 11.9 Å². The van der Waals surface area contributed by atoms with Crippen molar-refractivity contribution in [3.05, 3.63) is 65.2 Å². The fourth-order valence-corrected chi connectivity index (χ4v) is 5.34. The molecule has 0 spiro atoms. The number of amides is 2. The van der Waals surface area contributed by atoms with Crippen molar-refractivity contribution in [2.75, 3.05) is 17.1 Å². The highest BCUT2D eigenvalue weighted by molar-refractivity contribution is 7.92. The van der Waals surface area contributed by atoms with E-state index < -0.39 is 22.0 Å². The molecule has 1 saturated carbocycles. The lowest BCUT2D eigenvalue weighted by Gasteiger charge is -2.32. The Morgan fingerprint density at radius 3 is 2.29 bits per heavy atom. The Morgan fingerprint density at radius 2 is 1.71 bits per heavy atom. The maximum absolute atomic E-state index is 13.6. The Hall–Kier alpha value is -2.87. The first kappa shape index (κ1) is 25.7. The van der Waals surface area contributed by atoms with Crippen molar-refractivity contribution in [1.29, 1.82) is 0 Å². The average Bonchev–Trinajstić information content (AvgIpc) is 3.28. The van der Waals surface area contributed by atoms with Crippen molar-refractivity contribution in [3.8, 4) is 0 Å². The molecule has 1 atom stereocenters. The third-order valence-corrected chi connectivity index (χ3v) is 7.49. The number of nitrogens with one attached hydrogen (secondary N) is 1. The van der Waals surface area contributed by atoms with Gasteiger partial charge < -0.3 is 10.2 Å². The Morgan fingerprint density at radius 1 is 1.06 bits per heavy atom. The molecule has 1 fully saturated rings. The SMILES string of the molecule is Cc1ccc(N(CC(=O)N(Cc2ccccc2)C(C)C(=O)NC2CCCC2)S(C)(=O)=O)c(C)c1. The van der Waals surface area contributed by atoms with Gasteiger partial charge in [-0.2, -0.15) is 0 Å². The fourth-order valence-electron chi connectivity index (χ4n) is 4.43. The fraction of sp³-hybridized carbons (Fsp3) is 0.462. The summed E-state index contributed by atoms with van der Waals surface area (Å²) in [7, 11) is -3.73. The molecule has 0 aromatic heterocycles. The molecule has 1 unspecified atom stereocenters. The van der Waals surface area contributed by atoms with Crippen LogP contribution in [-0.4, -0.2) is 50.0 Å². The minimum atomic E-state index is -3.73. The number of anilines is 1. The number of hydrogen-bond acceptors (Lipinski definition) is 4. The topological polar surface area (TPSA) is 86.8 Å². The summed E-state index contributed by atoms with van der Waals surface area (Å²) in [6, 6.07) is 14.2. The van der Waals surface area contributed by atoms with Crippen molar-refractivity contribution in [3.63, 3.8) is 0 Å². The van der Waals surface area contributed by atoms with Crippen molar-refractivity contribution < 1.29 is 18.0 Å². The first-order valence-electron chi connectivity index (χ1n) is 11.7. The van der Waals surface area contributed by atoms with Crippen molar-refractivity contribution in [1.82, 2.24) is 10.2 Å². The number of benzene rings is 2. The zero-order valence-electron chi connectivity index (χ0n) is 20.5. The molecule has 1 aliphatic rings. The van der Waals surface area contributed by atoms with Crippen LogP contribution in [0, 0.1) is 13.8 Å². The lowest BCUT2D eigenvalue weighted by Crippen LogP contribution is -2.52. The number of carbonyl (C=O) groups excluding carboxylic acids is 2. The Balaban J connectivity index is 1.88. The molecule has 2 amide bonds. The molecule has 8 heteroatoms. The molecule has 34 heavy (non-hydrogen) atoms. The van der Waals surface area contributed by atoms with Crippen LogP contribution < -0.4 is 9.62 Å². The molecule has 0 heterocycles. The lowest BCUT2D eigenvalue weighted by molar-refractivity contribution is -0.139. The largest absolute Gasteiger partial charge is 0.352 e. The van der Waals surface area contributed by atoms with E-state index in [1.54, 1.807) is 13.0 Å². The van der Waals surface area contributed by atoms with Crippen LogP contribution in [0.4, 0.5) is 5.69 Å². The first-order valence-corrected chi connectivity index (χ1v) is 13.6. The second kappa shape index (κ2) is 11.0. The zero-order valence-corrected chi connectivity index (χ0v) is 21.3. The number of sulfonamides is 1. The van der Waals surface area contributed by atoms with E-state index in [1.807, 2.05) is 56.3 Å². The highest BCUT2D eigenvalue weighted by Gasteiger charge is 2.31. The minimum Gasteiger partial charge on any atom is -0.352 e. The van der Waals surface area contributed by atoms with E-state index in [4.69, 9.17) is 0 Å². The van der Waals surface area contributed by atoms with E-state index in [0.717, 1.165) is 52.9 Å². The summed E-state index contributed by atoms with van der Waals surface area (Å²) < 4.78 is 26.5. The van der Waals surface area contributed by atoms with Crippen LogP contribution in [0.25, 0.3) is 0 Å². The first-order chi connectivity index (χ1) is 16.1. The second-order valence-electron chi connectivity index (χ2n) is 9.23. The zero-order chi connectivity index (χ0) is 24.9. The van der Waals surface area contributed by atoms with E-state index >= 15 is 0 Å². The Labute approximate surface area is 203 Å². The quantitative estimate of drug-likeness (QED) is 0.589. The van der Waals surface area contributed by atoms with E-state index in [0.29, 0.717) is 5.69 Å². The molecule has 2 aromatic rings. The molecule has 1 aliphatic carbocycles. The maximum atomic E-state index is 13.6. The molecular weight excluding hydrogens is 450 g/mol. The summed E-state index contributed by atoms with van der Waals surface area (Å²) in [5, 5.41) is 3.07. The molecule has 0 saturated heterocycles. The van der Waals surface area contributed by atoms with Crippen LogP contribution in [0.2, 0.25) is 0 Å². The summed E-state index contributed by atoms with van der Waals surface area (Å²) in [5.74, 6) is -0.642. The van der Waals surface area contributed by atoms with Crippen molar-refractivity contribution in [2.45, 2.75) is 65.1 Å². The van der Waals surface area contributed by atoms with Gasteiger partial charge in [-0.1, -0.05) is 60.9 Å². The minimum absolute atomic E-state index is 0.131. The summed E-state index contributed by atoms with van der Waals surface area (Å²) in [6.45, 7) is 5.29. The second-order valence-corrected chi connectivity index (χ2v) is 11.1. The van der Waals surface area contributed by atoms with Crippen molar-refractivity contribution >= 4 is 27.5 Å². The highest BCUT2D eigenvalue weighted by atomic mass is 32.2. The van der Waals surface area contributed by atoms with Gasteiger partial charge in [0.15, 0.2) is 0 Å². The van der Waals surface area contributed by atoms with E-state index in [9.17, 15) is 18.0 Å². The van der Waals surface area contributed by atoms with Gasteiger partial charge in [0.2, 0.25) is 21.8 Å². The van der Waals surface area contributed by atoms with Crippen LogP contribution in [0.3, 0.4) is 0 Å². The molecule has 7 nitrogen and oxygen atoms in total. The van der Waals surface area contributed by atoms with Gasteiger partial charge in [0.25, 0.3) is 0 Å². The monoisotopic (exact) mass is 485 g/mol. The third-order valence-electron chi connectivity index (χ3n) is 6.36. The van der Waals surface area contributed by atoms with Gasteiger partial charge in [0, 0.05) is 12.6 Å². The molecule has 0 aliphatic heterocycles. The molecule has 3 rings (SSSR count). The van der Waals surface area contributed by atoms with E-state index in [1.165, 1.54) is 4.90 Å². The standard InChI is InChI=1S/C26H35N3O4S/c1-19-14-15-24(20(2)16-19)29(34(4,32)33)18-25(30)28(17-22-10-6-5-7-11-22)21(3)26(31)27-23-12-8-9-13-23/h5-7,10-11,14-16,21,23H,8-9,12-13,17-18H2,1-4H3,(H,27,31). The summed E-state index contributed by atoms with van der Waals surface area (Å²) in [6.07, 6.45) is 5.16. The van der Waals surface area contributed by atoms with Crippen LogP contribution in [0.1, 0.15) is 49.3 Å². The average molecular weight is 486 g/mol. The van der Waals surface area contributed by atoms with Crippen LogP contribution in [0.15, 0.2) is 48.5 Å². The van der Waals surface area contributed by atoms with Crippen LogP contribution in [0.5, 0.6) is 0 Å². The summed E-state index contributed by atoms with van der Waals surface area (Å²) in [5.41, 5.74) is 3.10. The van der Waals surface area contributed by atoms with Gasteiger partial charge in [-0.05, 0) is 50.8 Å². The molecule has 1 N–H and O–H groups in total. The number of aryl methyl sites for hydroxylation is 2. The summed E-state index contributed by atoms with van der Waals surface area (Å²) in [4.78, 5) is 28.1. The van der Waals surface area contributed by atoms with Gasteiger partial charge in [-0.25, -0.2) is 8.42 Å². The van der Waals surface area contributed by atoms with Crippen LogP contribution >= 0.6 is 0 Å². The normalized spacial score (nSPS) is 15.1. The Bertz CT molecular complexity index is 1110. The molecule has 184 valence electrons. The highest BCUT2D eigenvalue weighted by Crippen LogP contribution is 2.24. The number of rotatable bonds is 9. The predicted molar refractivity (Wildman–Crippen MR) is 135 cm³/mol.